The lowest BCUT2D eigenvalue weighted by atomic mass is 9.77. The molecule has 2 rings (SSSR count). The first kappa shape index (κ1) is 17.8. The number of hydrogen-bond donors (Lipinski definition) is 2. The molecule has 0 aromatic carbocycles. The monoisotopic (exact) mass is 323 g/mol. The average molecular weight is 323 g/mol. The van der Waals surface area contributed by atoms with Crippen LogP contribution in [-0.4, -0.2) is 40.9 Å². The number of carbonyl (C=O) groups is 1. The number of aryl methyl sites for hydroxylation is 2. The van der Waals surface area contributed by atoms with Crippen LogP contribution in [0.15, 0.2) is 4.52 Å². The Morgan fingerprint density at radius 1 is 1.39 bits per heavy atom. The second-order valence-corrected chi connectivity index (χ2v) is 6.65. The van der Waals surface area contributed by atoms with Gasteiger partial charge in [0.05, 0.1) is 11.7 Å². The van der Waals surface area contributed by atoms with Gasteiger partial charge >= 0.3 is 6.03 Å². The summed E-state index contributed by atoms with van der Waals surface area (Å²) >= 11 is 0. The van der Waals surface area contributed by atoms with Crippen molar-refractivity contribution in [2.45, 2.75) is 59.4 Å². The maximum Gasteiger partial charge on any atom is 0.317 e. The molecule has 6 nitrogen and oxygen atoms in total. The third-order valence-electron chi connectivity index (χ3n) is 5.34. The molecule has 0 radical (unpaired) electrons. The predicted molar refractivity (Wildman–Crippen MR) is 88.2 cm³/mol. The number of aliphatic hydroxyl groups is 1. The first-order valence-corrected chi connectivity index (χ1v) is 8.55. The van der Waals surface area contributed by atoms with E-state index in [2.05, 4.69) is 17.4 Å². The summed E-state index contributed by atoms with van der Waals surface area (Å²) in [4.78, 5) is 14.4. The fourth-order valence-corrected chi connectivity index (χ4v) is 3.41. The summed E-state index contributed by atoms with van der Waals surface area (Å²) in [6, 6.07) is -0.121. The van der Waals surface area contributed by atoms with Crippen LogP contribution in [0.2, 0.25) is 0 Å². The Hall–Kier alpha value is -1.56. The van der Waals surface area contributed by atoms with Gasteiger partial charge in [0.25, 0.3) is 0 Å². The molecule has 1 unspecified atom stereocenters. The molecule has 1 atom stereocenters. The fraction of sp³-hybridized carbons (Fsp3) is 0.765. The van der Waals surface area contributed by atoms with Crippen LogP contribution in [0.4, 0.5) is 4.79 Å². The van der Waals surface area contributed by atoms with Gasteiger partial charge < -0.3 is 19.8 Å². The smallest absolute Gasteiger partial charge is 0.317 e. The van der Waals surface area contributed by atoms with E-state index < -0.39 is 0 Å². The molecule has 2 amide bonds. The van der Waals surface area contributed by atoms with Gasteiger partial charge in [0.1, 0.15) is 5.76 Å². The van der Waals surface area contributed by atoms with E-state index in [1.807, 2.05) is 25.7 Å². The van der Waals surface area contributed by atoms with E-state index >= 15 is 0 Å². The topological polar surface area (TPSA) is 78.6 Å². The number of piperidine rings is 1. The number of urea groups is 1. The lowest BCUT2D eigenvalue weighted by Gasteiger charge is -2.40. The van der Waals surface area contributed by atoms with Crippen molar-refractivity contribution in [1.82, 2.24) is 15.4 Å². The molecule has 1 saturated heterocycles. The Bertz CT molecular complexity index is 508. The number of amides is 2. The van der Waals surface area contributed by atoms with Crippen molar-refractivity contribution in [3.8, 4) is 0 Å². The number of aliphatic hydroxyl groups excluding tert-OH is 1. The Balaban J connectivity index is 1.99. The molecule has 0 spiro atoms. The van der Waals surface area contributed by atoms with Crippen molar-refractivity contribution in [3.63, 3.8) is 0 Å². The summed E-state index contributed by atoms with van der Waals surface area (Å²) < 4.78 is 5.22. The largest absolute Gasteiger partial charge is 0.396 e. The first-order valence-electron chi connectivity index (χ1n) is 8.55. The Kier molecular flexibility index (Phi) is 5.68. The minimum absolute atomic E-state index is 0.0113. The van der Waals surface area contributed by atoms with Crippen molar-refractivity contribution >= 4 is 6.03 Å². The van der Waals surface area contributed by atoms with E-state index in [0.717, 1.165) is 42.7 Å². The maximum atomic E-state index is 12.6. The first-order chi connectivity index (χ1) is 11.0. The van der Waals surface area contributed by atoms with Crippen molar-refractivity contribution in [2.24, 2.45) is 5.41 Å². The van der Waals surface area contributed by atoms with E-state index in [0.29, 0.717) is 13.1 Å². The summed E-state index contributed by atoms with van der Waals surface area (Å²) in [5.41, 5.74) is 1.80. The third kappa shape index (κ3) is 3.68. The molecule has 1 fully saturated rings. The van der Waals surface area contributed by atoms with Crippen LogP contribution in [0.5, 0.6) is 0 Å². The molecule has 0 bridgehead atoms. The zero-order valence-corrected chi connectivity index (χ0v) is 14.7. The predicted octanol–water partition coefficient (Wildman–Crippen LogP) is 2.94. The lowest BCUT2D eigenvalue weighted by Crippen LogP contribution is -2.49. The highest BCUT2D eigenvalue weighted by Gasteiger charge is 2.34. The zero-order valence-electron chi connectivity index (χ0n) is 14.7. The zero-order chi connectivity index (χ0) is 17.0. The van der Waals surface area contributed by atoms with Gasteiger partial charge in [0.2, 0.25) is 0 Å². The Morgan fingerprint density at radius 3 is 2.48 bits per heavy atom. The van der Waals surface area contributed by atoms with Crippen molar-refractivity contribution < 1.29 is 14.4 Å². The molecule has 23 heavy (non-hydrogen) atoms. The Morgan fingerprint density at radius 2 is 2.04 bits per heavy atom. The number of rotatable bonds is 5. The number of nitrogens with one attached hydrogen (secondary N) is 1. The molecule has 130 valence electrons. The highest BCUT2D eigenvalue weighted by atomic mass is 16.5. The normalized spacial score (nSPS) is 18.7. The van der Waals surface area contributed by atoms with Crippen LogP contribution >= 0.6 is 0 Å². The van der Waals surface area contributed by atoms with Gasteiger partial charge in [-0.25, -0.2) is 4.79 Å². The van der Waals surface area contributed by atoms with Crippen LogP contribution in [0.25, 0.3) is 0 Å². The van der Waals surface area contributed by atoms with Crippen molar-refractivity contribution in [3.05, 3.63) is 17.0 Å². The van der Waals surface area contributed by atoms with Gasteiger partial charge in [-0.05, 0) is 44.9 Å². The summed E-state index contributed by atoms with van der Waals surface area (Å²) in [6.07, 6.45) is 3.46. The lowest BCUT2D eigenvalue weighted by molar-refractivity contribution is 0.0514. The van der Waals surface area contributed by atoms with Gasteiger partial charge in [-0.2, -0.15) is 0 Å². The summed E-state index contributed by atoms with van der Waals surface area (Å²) in [7, 11) is 0. The van der Waals surface area contributed by atoms with Crippen LogP contribution in [-0.2, 0) is 0 Å². The van der Waals surface area contributed by atoms with E-state index in [1.165, 1.54) is 0 Å². The third-order valence-corrected chi connectivity index (χ3v) is 5.34. The molecule has 2 heterocycles. The van der Waals surface area contributed by atoms with E-state index in [9.17, 15) is 9.90 Å². The number of hydrogen-bond acceptors (Lipinski definition) is 4. The minimum atomic E-state index is -0.0792. The summed E-state index contributed by atoms with van der Waals surface area (Å²) in [5.74, 6) is 0.763. The second-order valence-electron chi connectivity index (χ2n) is 6.65. The minimum Gasteiger partial charge on any atom is -0.396 e. The SMILES string of the molecule is CCC(NC(=O)N1CCC(CC)(CO)CC1)c1c(C)noc1C. The summed E-state index contributed by atoms with van der Waals surface area (Å²) in [6.45, 7) is 9.52. The van der Waals surface area contributed by atoms with Gasteiger partial charge in [-0.15, -0.1) is 0 Å². The quantitative estimate of drug-likeness (QED) is 0.873. The highest BCUT2D eigenvalue weighted by molar-refractivity contribution is 5.75. The molecule has 1 aromatic heterocycles. The molecule has 1 aliphatic rings. The van der Waals surface area contributed by atoms with Gasteiger partial charge in [0.15, 0.2) is 0 Å². The highest BCUT2D eigenvalue weighted by Crippen LogP contribution is 2.34. The number of likely N-dealkylation sites (tertiary alicyclic amines) is 1. The summed E-state index contributed by atoms with van der Waals surface area (Å²) in [5, 5.41) is 16.7. The second kappa shape index (κ2) is 7.34. The molecule has 1 aliphatic heterocycles. The van der Waals surface area contributed by atoms with Gasteiger partial charge in [-0.3, -0.25) is 0 Å². The van der Waals surface area contributed by atoms with E-state index in [-0.39, 0.29) is 24.1 Å². The molecule has 0 aliphatic carbocycles. The molecule has 1 aromatic rings. The van der Waals surface area contributed by atoms with Gasteiger partial charge in [-0.1, -0.05) is 19.0 Å². The maximum absolute atomic E-state index is 12.6. The number of aromatic nitrogens is 1. The van der Waals surface area contributed by atoms with Crippen molar-refractivity contribution in [2.75, 3.05) is 19.7 Å². The number of carbonyl (C=O) groups excluding carboxylic acids is 1. The molecular formula is C17H29N3O3. The van der Waals surface area contributed by atoms with Crippen LogP contribution in [0.3, 0.4) is 0 Å². The van der Waals surface area contributed by atoms with E-state index in [1.54, 1.807) is 0 Å². The molecule has 6 heteroatoms. The van der Waals surface area contributed by atoms with E-state index in [4.69, 9.17) is 4.52 Å². The van der Waals surface area contributed by atoms with Crippen LogP contribution in [0.1, 0.15) is 62.6 Å². The van der Waals surface area contributed by atoms with Crippen molar-refractivity contribution in [1.29, 1.82) is 0 Å². The van der Waals surface area contributed by atoms with Crippen LogP contribution < -0.4 is 5.32 Å². The average Bonchev–Trinajstić information content (AvgIpc) is 2.91. The molecule has 0 saturated carbocycles. The standard InChI is InChI=1S/C17H29N3O3/c1-5-14(15-12(3)19-23-13(15)4)18-16(22)20-9-7-17(6-2,11-21)8-10-20/h14,21H,5-11H2,1-4H3,(H,18,22). The number of nitrogens with zero attached hydrogens (tertiary/aromatic N) is 2. The Labute approximate surface area is 138 Å². The molecule has 2 N–H and O–H groups in total. The molecular weight excluding hydrogens is 294 g/mol. The van der Waals surface area contributed by atoms with Gasteiger partial charge in [0, 0.05) is 25.3 Å². The fourth-order valence-electron chi connectivity index (χ4n) is 3.41. The van der Waals surface area contributed by atoms with Crippen LogP contribution in [0, 0.1) is 19.3 Å².